The standard InChI is InChI=1S/C10H20N2O3S2/c1-8(2)3-6-17(13,14)12-4-5-15-9(7-12)10(11)16/h8-9H,3-7H2,1-2H3,(H2,11,16). The Hall–Kier alpha value is -0.240. The molecule has 7 heteroatoms. The van der Waals surface area contributed by atoms with Crippen molar-refractivity contribution in [3.8, 4) is 0 Å². The maximum Gasteiger partial charge on any atom is 0.214 e. The summed E-state index contributed by atoms with van der Waals surface area (Å²) in [5.41, 5.74) is 5.48. The molecule has 0 amide bonds. The van der Waals surface area contributed by atoms with E-state index in [2.05, 4.69) is 0 Å². The van der Waals surface area contributed by atoms with E-state index in [1.807, 2.05) is 13.8 Å². The van der Waals surface area contributed by atoms with Gasteiger partial charge in [0.2, 0.25) is 10.0 Å². The lowest BCUT2D eigenvalue weighted by Crippen LogP contribution is -2.50. The molecule has 5 nitrogen and oxygen atoms in total. The van der Waals surface area contributed by atoms with Gasteiger partial charge in [-0.3, -0.25) is 0 Å². The van der Waals surface area contributed by atoms with Crippen molar-refractivity contribution in [1.29, 1.82) is 0 Å². The molecule has 0 saturated carbocycles. The predicted molar refractivity (Wildman–Crippen MR) is 71.3 cm³/mol. The lowest BCUT2D eigenvalue weighted by molar-refractivity contribution is 0.0386. The van der Waals surface area contributed by atoms with Crippen LogP contribution in [0.4, 0.5) is 0 Å². The monoisotopic (exact) mass is 280 g/mol. The summed E-state index contributed by atoms with van der Waals surface area (Å²) in [5.74, 6) is 0.548. The molecule has 0 bridgehead atoms. The molecule has 1 rings (SSSR count). The van der Waals surface area contributed by atoms with Crippen molar-refractivity contribution in [2.24, 2.45) is 11.7 Å². The molecule has 0 aromatic rings. The van der Waals surface area contributed by atoms with Gasteiger partial charge in [0.15, 0.2) is 0 Å². The van der Waals surface area contributed by atoms with E-state index >= 15 is 0 Å². The Bertz CT molecular complexity index is 368. The van der Waals surface area contributed by atoms with Gasteiger partial charge in [-0.05, 0) is 12.3 Å². The van der Waals surface area contributed by atoms with Crippen LogP contribution in [-0.2, 0) is 14.8 Å². The summed E-state index contributed by atoms with van der Waals surface area (Å²) in [5, 5.41) is 0. The van der Waals surface area contributed by atoms with E-state index in [4.69, 9.17) is 22.7 Å². The van der Waals surface area contributed by atoms with E-state index in [9.17, 15) is 8.42 Å². The van der Waals surface area contributed by atoms with Crippen molar-refractivity contribution in [2.75, 3.05) is 25.4 Å². The fourth-order valence-corrected chi connectivity index (χ4v) is 3.45. The SMILES string of the molecule is CC(C)CCS(=O)(=O)N1CCOC(C(N)=S)C1. The van der Waals surface area contributed by atoms with Crippen molar-refractivity contribution in [3.63, 3.8) is 0 Å². The molecular formula is C10H20N2O3S2. The van der Waals surface area contributed by atoms with E-state index in [0.717, 1.165) is 0 Å². The highest BCUT2D eigenvalue weighted by Gasteiger charge is 2.30. The molecule has 0 spiro atoms. The van der Waals surface area contributed by atoms with Crippen LogP contribution in [0.3, 0.4) is 0 Å². The first kappa shape index (κ1) is 14.8. The van der Waals surface area contributed by atoms with Crippen molar-refractivity contribution in [3.05, 3.63) is 0 Å². The zero-order valence-corrected chi connectivity index (χ0v) is 11.9. The highest BCUT2D eigenvalue weighted by molar-refractivity contribution is 7.89. The van der Waals surface area contributed by atoms with Crippen LogP contribution < -0.4 is 5.73 Å². The molecular weight excluding hydrogens is 260 g/mol. The zero-order chi connectivity index (χ0) is 13.1. The highest BCUT2D eigenvalue weighted by Crippen LogP contribution is 2.13. The summed E-state index contributed by atoms with van der Waals surface area (Å²) < 4.78 is 30.8. The summed E-state index contributed by atoms with van der Waals surface area (Å²) in [6.07, 6.45) is 0.213. The van der Waals surface area contributed by atoms with E-state index in [-0.39, 0.29) is 17.3 Å². The minimum Gasteiger partial charge on any atom is -0.391 e. The van der Waals surface area contributed by atoms with Crippen LogP contribution in [0.15, 0.2) is 0 Å². The van der Waals surface area contributed by atoms with Crippen molar-refractivity contribution < 1.29 is 13.2 Å². The molecule has 17 heavy (non-hydrogen) atoms. The highest BCUT2D eigenvalue weighted by atomic mass is 32.2. The topological polar surface area (TPSA) is 72.6 Å². The number of sulfonamides is 1. The Labute approximate surface area is 108 Å². The fourth-order valence-electron chi connectivity index (χ4n) is 1.56. The first-order valence-electron chi connectivity index (χ1n) is 5.71. The fraction of sp³-hybridized carbons (Fsp3) is 0.900. The van der Waals surface area contributed by atoms with Crippen LogP contribution in [0.2, 0.25) is 0 Å². The van der Waals surface area contributed by atoms with Crippen LogP contribution in [0.1, 0.15) is 20.3 Å². The van der Waals surface area contributed by atoms with E-state index < -0.39 is 16.1 Å². The molecule has 100 valence electrons. The van der Waals surface area contributed by atoms with Crippen molar-refractivity contribution in [2.45, 2.75) is 26.4 Å². The molecule has 1 heterocycles. The van der Waals surface area contributed by atoms with Crippen LogP contribution in [-0.4, -0.2) is 49.3 Å². The Morgan fingerprint density at radius 1 is 1.59 bits per heavy atom. The van der Waals surface area contributed by atoms with Crippen LogP contribution in [0.25, 0.3) is 0 Å². The van der Waals surface area contributed by atoms with Gasteiger partial charge in [-0.2, -0.15) is 4.31 Å². The van der Waals surface area contributed by atoms with E-state index in [1.54, 1.807) is 0 Å². The Morgan fingerprint density at radius 2 is 2.24 bits per heavy atom. The average molecular weight is 280 g/mol. The van der Waals surface area contributed by atoms with Crippen LogP contribution in [0.5, 0.6) is 0 Å². The second-order valence-electron chi connectivity index (χ2n) is 4.62. The van der Waals surface area contributed by atoms with Crippen LogP contribution in [0, 0.1) is 5.92 Å². The second-order valence-corrected chi connectivity index (χ2v) is 7.18. The van der Waals surface area contributed by atoms with Gasteiger partial charge in [0.25, 0.3) is 0 Å². The molecule has 1 saturated heterocycles. The third-order valence-corrected chi connectivity index (χ3v) is 4.83. The lowest BCUT2D eigenvalue weighted by Gasteiger charge is -2.31. The van der Waals surface area contributed by atoms with Gasteiger partial charge in [-0.1, -0.05) is 26.1 Å². The lowest BCUT2D eigenvalue weighted by atomic mass is 10.2. The van der Waals surface area contributed by atoms with Gasteiger partial charge in [-0.15, -0.1) is 0 Å². The van der Waals surface area contributed by atoms with E-state index in [1.165, 1.54) is 4.31 Å². The summed E-state index contributed by atoms with van der Waals surface area (Å²) >= 11 is 4.83. The molecule has 0 aromatic carbocycles. The molecule has 1 unspecified atom stereocenters. The summed E-state index contributed by atoms with van der Waals surface area (Å²) in [4.78, 5) is 0.216. The number of nitrogens with two attached hydrogens (primary N) is 1. The predicted octanol–water partition coefficient (Wildman–Crippen LogP) is 0.349. The van der Waals surface area contributed by atoms with Crippen molar-refractivity contribution in [1.82, 2.24) is 4.31 Å². The number of hydrogen-bond donors (Lipinski definition) is 1. The maximum absolute atomic E-state index is 12.0. The van der Waals surface area contributed by atoms with Crippen LogP contribution >= 0.6 is 12.2 Å². The number of morpholine rings is 1. The van der Waals surface area contributed by atoms with Gasteiger partial charge in [0.1, 0.15) is 11.1 Å². The normalized spacial score (nSPS) is 22.9. The van der Waals surface area contributed by atoms with Gasteiger partial charge >= 0.3 is 0 Å². The van der Waals surface area contributed by atoms with Gasteiger partial charge in [-0.25, -0.2) is 8.42 Å². The van der Waals surface area contributed by atoms with Crippen molar-refractivity contribution >= 4 is 27.2 Å². The number of thiocarbonyl (C=S) groups is 1. The Morgan fingerprint density at radius 3 is 2.76 bits per heavy atom. The minimum absolute atomic E-state index is 0.175. The van der Waals surface area contributed by atoms with Gasteiger partial charge in [0, 0.05) is 13.1 Å². The average Bonchev–Trinajstić information content (AvgIpc) is 2.27. The molecule has 0 aromatic heterocycles. The molecule has 1 aliphatic heterocycles. The Balaban J connectivity index is 2.62. The maximum atomic E-state index is 12.0. The number of hydrogen-bond acceptors (Lipinski definition) is 4. The minimum atomic E-state index is -3.21. The third kappa shape index (κ3) is 4.50. The zero-order valence-electron chi connectivity index (χ0n) is 10.3. The first-order chi connectivity index (χ1) is 7.83. The number of ether oxygens (including phenoxy) is 1. The molecule has 1 atom stereocenters. The smallest absolute Gasteiger partial charge is 0.214 e. The molecule has 0 aliphatic carbocycles. The molecule has 2 N–H and O–H groups in total. The summed E-state index contributed by atoms with van der Waals surface area (Å²) in [6, 6.07) is 0. The quantitative estimate of drug-likeness (QED) is 0.736. The van der Waals surface area contributed by atoms with Gasteiger partial charge < -0.3 is 10.5 Å². The number of rotatable bonds is 5. The summed E-state index contributed by atoms with van der Waals surface area (Å²) in [6.45, 7) is 5.00. The third-order valence-electron chi connectivity index (χ3n) is 2.69. The second kappa shape index (κ2) is 6.08. The van der Waals surface area contributed by atoms with E-state index in [0.29, 0.717) is 25.5 Å². The molecule has 1 aliphatic rings. The first-order valence-corrected chi connectivity index (χ1v) is 7.73. The van der Waals surface area contributed by atoms with Gasteiger partial charge in [0.05, 0.1) is 12.4 Å². The Kier molecular flexibility index (Phi) is 5.30. The molecule has 0 radical (unpaired) electrons. The number of nitrogens with zero attached hydrogens (tertiary/aromatic N) is 1. The largest absolute Gasteiger partial charge is 0.391 e. The molecule has 1 fully saturated rings. The summed E-state index contributed by atoms with van der Waals surface area (Å²) in [7, 11) is -3.21.